The predicted molar refractivity (Wildman–Crippen MR) is 51.2 cm³/mol. The van der Waals surface area contributed by atoms with Gasteiger partial charge in [0.25, 0.3) is 0 Å². The molecule has 3 nitrogen and oxygen atoms in total. The molecule has 0 saturated carbocycles. The van der Waals surface area contributed by atoms with E-state index in [-0.39, 0.29) is 11.6 Å². The Bertz CT molecular complexity index is 166. The normalized spacial score (nSPS) is 20.7. The summed E-state index contributed by atoms with van der Waals surface area (Å²) < 4.78 is 0. The molecule has 1 heterocycles. The fraction of sp³-hybridized carbons (Fsp3) is 0.889. The number of amides is 2. The zero-order valence-corrected chi connectivity index (χ0v) is 9.01. The number of carbonyl (C=O) groups excluding carboxylic acids is 1. The van der Waals surface area contributed by atoms with Gasteiger partial charge in [-0.1, -0.05) is 13.8 Å². The predicted octanol–water partition coefficient (Wildman–Crippen LogP) is 1.79. The van der Waals surface area contributed by atoms with E-state index in [1.54, 1.807) is 9.80 Å². The van der Waals surface area contributed by atoms with Crippen molar-refractivity contribution in [3.05, 3.63) is 0 Å². The van der Waals surface area contributed by atoms with Crippen molar-refractivity contribution < 1.29 is 4.79 Å². The molecule has 0 atom stereocenters. The SMILES string of the molecule is CC.CN1CC(C)(C)N(C)C1=O. The van der Waals surface area contributed by atoms with E-state index in [0.717, 1.165) is 6.54 Å². The summed E-state index contributed by atoms with van der Waals surface area (Å²) in [6, 6.07) is 0.116. The van der Waals surface area contributed by atoms with Crippen LogP contribution in [0.5, 0.6) is 0 Å². The summed E-state index contributed by atoms with van der Waals surface area (Å²) in [5.74, 6) is 0. The molecule has 0 aromatic rings. The van der Waals surface area contributed by atoms with E-state index in [9.17, 15) is 4.79 Å². The van der Waals surface area contributed by atoms with Crippen molar-refractivity contribution in [2.75, 3.05) is 20.6 Å². The van der Waals surface area contributed by atoms with Crippen LogP contribution >= 0.6 is 0 Å². The lowest BCUT2D eigenvalue weighted by Crippen LogP contribution is -2.38. The molecular formula is C9H20N2O. The number of hydrogen-bond donors (Lipinski definition) is 0. The molecule has 0 bridgehead atoms. The second kappa shape index (κ2) is 3.78. The molecule has 0 aromatic carbocycles. The Labute approximate surface area is 75.3 Å². The van der Waals surface area contributed by atoms with Crippen molar-refractivity contribution in [1.82, 2.24) is 9.80 Å². The molecule has 3 heteroatoms. The number of likely N-dealkylation sites (N-methyl/N-ethyl adjacent to an activating group) is 2. The molecule has 0 spiro atoms. The minimum Gasteiger partial charge on any atom is -0.325 e. The maximum Gasteiger partial charge on any atom is 0.320 e. The first-order chi connectivity index (χ1) is 5.45. The molecule has 1 saturated heterocycles. The fourth-order valence-corrected chi connectivity index (χ4v) is 1.27. The standard InChI is InChI=1S/C7H14N2O.C2H6/c1-7(2)5-8(3)6(10)9(7)4;1-2/h5H2,1-4H3;1-2H3. The smallest absolute Gasteiger partial charge is 0.320 e. The van der Waals surface area contributed by atoms with Crippen LogP contribution in [0.3, 0.4) is 0 Å². The molecule has 0 radical (unpaired) electrons. The van der Waals surface area contributed by atoms with Gasteiger partial charge in [0, 0.05) is 20.6 Å². The molecule has 0 aliphatic carbocycles. The summed E-state index contributed by atoms with van der Waals surface area (Å²) in [4.78, 5) is 14.7. The summed E-state index contributed by atoms with van der Waals surface area (Å²) in [6.07, 6.45) is 0. The number of nitrogens with zero attached hydrogens (tertiary/aromatic N) is 2. The Morgan fingerprint density at radius 3 is 1.75 bits per heavy atom. The van der Waals surface area contributed by atoms with Gasteiger partial charge in [0.2, 0.25) is 0 Å². The number of rotatable bonds is 0. The van der Waals surface area contributed by atoms with Crippen LogP contribution < -0.4 is 0 Å². The Kier molecular flexibility index (Phi) is 3.55. The van der Waals surface area contributed by atoms with Gasteiger partial charge in [-0.05, 0) is 13.8 Å². The van der Waals surface area contributed by atoms with Crippen LogP contribution in [-0.2, 0) is 0 Å². The van der Waals surface area contributed by atoms with Gasteiger partial charge in [0.1, 0.15) is 0 Å². The molecule has 1 rings (SSSR count). The third kappa shape index (κ3) is 1.90. The first-order valence-corrected chi connectivity index (χ1v) is 4.44. The monoisotopic (exact) mass is 172 g/mol. The molecule has 1 aliphatic rings. The van der Waals surface area contributed by atoms with E-state index in [2.05, 4.69) is 13.8 Å². The third-order valence-corrected chi connectivity index (χ3v) is 2.15. The minimum atomic E-state index is 0.00579. The van der Waals surface area contributed by atoms with E-state index in [1.807, 2.05) is 27.9 Å². The van der Waals surface area contributed by atoms with Crippen molar-refractivity contribution in [1.29, 1.82) is 0 Å². The minimum absolute atomic E-state index is 0.00579. The van der Waals surface area contributed by atoms with Crippen LogP contribution in [0.15, 0.2) is 0 Å². The van der Waals surface area contributed by atoms with Crippen LogP contribution in [0.2, 0.25) is 0 Å². The number of carbonyl (C=O) groups is 1. The zero-order valence-electron chi connectivity index (χ0n) is 9.01. The molecule has 0 N–H and O–H groups in total. The fourth-order valence-electron chi connectivity index (χ4n) is 1.27. The highest BCUT2D eigenvalue weighted by atomic mass is 16.2. The van der Waals surface area contributed by atoms with Gasteiger partial charge < -0.3 is 9.80 Å². The molecule has 0 aromatic heterocycles. The van der Waals surface area contributed by atoms with E-state index >= 15 is 0 Å². The van der Waals surface area contributed by atoms with E-state index in [1.165, 1.54) is 0 Å². The average molecular weight is 172 g/mol. The van der Waals surface area contributed by atoms with Crippen LogP contribution in [0.4, 0.5) is 4.79 Å². The van der Waals surface area contributed by atoms with Crippen molar-refractivity contribution >= 4 is 6.03 Å². The first-order valence-electron chi connectivity index (χ1n) is 4.44. The van der Waals surface area contributed by atoms with Crippen molar-refractivity contribution in [2.45, 2.75) is 33.2 Å². The molecule has 0 unspecified atom stereocenters. The van der Waals surface area contributed by atoms with Gasteiger partial charge in [0.15, 0.2) is 0 Å². The lowest BCUT2D eigenvalue weighted by molar-refractivity contribution is 0.190. The summed E-state index contributed by atoms with van der Waals surface area (Å²) >= 11 is 0. The second-order valence-corrected chi connectivity index (χ2v) is 3.51. The lowest BCUT2D eigenvalue weighted by atomic mass is 10.1. The maximum atomic E-state index is 11.2. The number of urea groups is 1. The summed E-state index contributed by atoms with van der Waals surface area (Å²) in [5.41, 5.74) is 0.00579. The quantitative estimate of drug-likeness (QED) is 0.546. The van der Waals surface area contributed by atoms with Gasteiger partial charge in [-0.3, -0.25) is 0 Å². The van der Waals surface area contributed by atoms with E-state index < -0.39 is 0 Å². The highest BCUT2D eigenvalue weighted by Crippen LogP contribution is 2.21. The van der Waals surface area contributed by atoms with Crippen LogP contribution in [0, 0.1) is 0 Å². The van der Waals surface area contributed by atoms with Crippen molar-refractivity contribution in [2.24, 2.45) is 0 Å². The Balaban J connectivity index is 0.000000561. The third-order valence-electron chi connectivity index (χ3n) is 2.15. The summed E-state index contributed by atoms with van der Waals surface area (Å²) in [7, 11) is 3.67. The average Bonchev–Trinajstić information content (AvgIpc) is 2.19. The molecular weight excluding hydrogens is 152 g/mol. The largest absolute Gasteiger partial charge is 0.325 e. The number of hydrogen-bond acceptors (Lipinski definition) is 1. The van der Waals surface area contributed by atoms with Gasteiger partial charge in [-0.2, -0.15) is 0 Å². The lowest BCUT2D eigenvalue weighted by Gasteiger charge is -2.24. The zero-order chi connectivity index (χ0) is 9.94. The van der Waals surface area contributed by atoms with E-state index in [4.69, 9.17) is 0 Å². The van der Waals surface area contributed by atoms with Crippen LogP contribution in [0.25, 0.3) is 0 Å². The summed E-state index contributed by atoms with van der Waals surface area (Å²) in [5, 5.41) is 0. The maximum absolute atomic E-state index is 11.2. The highest BCUT2D eigenvalue weighted by Gasteiger charge is 2.38. The Morgan fingerprint density at radius 1 is 1.25 bits per heavy atom. The van der Waals surface area contributed by atoms with Gasteiger partial charge in [0.05, 0.1) is 5.54 Å². The van der Waals surface area contributed by atoms with Crippen LogP contribution in [0.1, 0.15) is 27.7 Å². The highest BCUT2D eigenvalue weighted by molar-refractivity contribution is 5.77. The topological polar surface area (TPSA) is 23.6 Å². The second-order valence-electron chi connectivity index (χ2n) is 3.51. The molecule has 2 amide bonds. The molecule has 1 fully saturated rings. The Morgan fingerprint density at radius 2 is 1.67 bits per heavy atom. The molecule has 12 heavy (non-hydrogen) atoms. The van der Waals surface area contributed by atoms with E-state index in [0.29, 0.717) is 0 Å². The van der Waals surface area contributed by atoms with Gasteiger partial charge in [-0.25, -0.2) is 4.79 Å². The molecule has 1 aliphatic heterocycles. The first kappa shape index (κ1) is 11.3. The van der Waals surface area contributed by atoms with Gasteiger partial charge >= 0.3 is 6.03 Å². The van der Waals surface area contributed by atoms with Crippen LogP contribution in [-0.4, -0.2) is 42.0 Å². The Hall–Kier alpha value is -0.730. The van der Waals surface area contributed by atoms with Gasteiger partial charge in [-0.15, -0.1) is 0 Å². The van der Waals surface area contributed by atoms with Crippen molar-refractivity contribution in [3.63, 3.8) is 0 Å². The van der Waals surface area contributed by atoms with Crippen molar-refractivity contribution in [3.8, 4) is 0 Å². The molecule has 72 valence electrons. The summed E-state index contributed by atoms with van der Waals surface area (Å²) in [6.45, 7) is 8.95.